The quantitative estimate of drug-likeness (QED) is 0.498. The fraction of sp³-hybridized carbons (Fsp3) is 0.238. The van der Waals surface area contributed by atoms with Crippen LogP contribution < -0.4 is 10.0 Å². The van der Waals surface area contributed by atoms with Crippen molar-refractivity contribution in [1.29, 1.82) is 0 Å². The highest BCUT2D eigenvalue weighted by Crippen LogP contribution is 2.31. The van der Waals surface area contributed by atoms with E-state index in [0.717, 1.165) is 36.0 Å². The van der Waals surface area contributed by atoms with Gasteiger partial charge in [-0.25, -0.2) is 4.98 Å². The number of para-hydroxylation sites is 2. The molecule has 0 N–H and O–H groups in total. The lowest BCUT2D eigenvalue weighted by molar-refractivity contribution is -0.298. The zero-order chi connectivity index (χ0) is 18.8. The van der Waals surface area contributed by atoms with Gasteiger partial charge in [0.15, 0.2) is 5.58 Å². The van der Waals surface area contributed by atoms with Crippen molar-refractivity contribution in [2.45, 2.75) is 25.0 Å². The molecule has 138 valence electrons. The van der Waals surface area contributed by atoms with Crippen LogP contribution in [0.25, 0.3) is 17.2 Å². The Labute approximate surface area is 161 Å². The minimum absolute atomic E-state index is 0.0681. The van der Waals surface area contributed by atoms with Crippen molar-refractivity contribution in [3.8, 4) is 0 Å². The molecule has 2 heterocycles. The number of carboxylic acid groups (broad SMARTS) is 1. The van der Waals surface area contributed by atoms with Gasteiger partial charge >= 0.3 is 0 Å². The molecule has 3 aromatic rings. The van der Waals surface area contributed by atoms with E-state index in [-0.39, 0.29) is 10.1 Å². The highest BCUT2D eigenvalue weighted by atomic mass is 32.2. The molecule has 4 rings (SSSR count). The van der Waals surface area contributed by atoms with E-state index >= 15 is 0 Å². The van der Waals surface area contributed by atoms with Crippen LogP contribution >= 0.6 is 11.8 Å². The lowest BCUT2D eigenvalue weighted by Crippen LogP contribution is -2.23. The van der Waals surface area contributed by atoms with Crippen LogP contribution in [0.2, 0.25) is 0 Å². The Bertz CT molecular complexity index is 986. The molecule has 2 aromatic carbocycles. The minimum atomic E-state index is -1.25. The van der Waals surface area contributed by atoms with E-state index in [0.29, 0.717) is 11.1 Å². The standard InChI is InChI=1S/C21H20N2O3S/c1-14-12-16(23-10-4-5-11-23)9-8-15(14)13-19(20(24)25)27-21-22-17-6-2-3-7-18(17)26-21/h2-3,6-9,12-13H,4-5,10-11H2,1H3,(H,24,25)/p-1/b19-13+. The van der Waals surface area contributed by atoms with Gasteiger partial charge in [0.2, 0.25) is 0 Å². The minimum Gasteiger partial charge on any atom is -0.544 e. The number of benzene rings is 2. The van der Waals surface area contributed by atoms with Gasteiger partial charge in [-0.2, -0.15) is 0 Å². The third-order valence-corrected chi connectivity index (χ3v) is 5.54. The number of fused-ring (bicyclic) bond motifs is 1. The SMILES string of the molecule is Cc1cc(N2CCCC2)ccc1/C=C(/Sc1nc2ccccc2o1)C(=O)[O-]. The Balaban J connectivity index is 1.61. The summed E-state index contributed by atoms with van der Waals surface area (Å²) < 4.78 is 5.62. The number of carbonyl (C=O) groups is 1. The summed E-state index contributed by atoms with van der Waals surface area (Å²) in [6, 6.07) is 13.4. The Kier molecular flexibility index (Phi) is 4.90. The van der Waals surface area contributed by atoms with E-state index in [1.165, 1.54) is 18.5 Å². The largest absolute Gasteiger partial charge is 0.544 e. The summed E-state index contributed by atoms with van der Waals surface area (Å²) in [5, 5.41) is 11.9. The number of anilines is 1. The lowest BCUT2D eigenvalue weighted by Gasteiger charge is -2.19. The fourth-order valence-electron chi connectivity index (χ4n) is 3.25. The Morgan fingerprint density at radius 1 is 1.22 bits per heavy atom. The maximum atomic E-state index is 11.6. The number of carboxylic acids is 1. The summed E-state index contributed by atoms with van der Waals surface area (Å²) in [5.41, 5.74) is 4.38. The van der Waals surface area contributed by atoms with Gasteiger partial charge in [0, 0.05) is 23.7 Å². The molecule has 1 aliphatic rings. The molecule has 1 fully saturated rings. The van der Waals surface area contributed by atoms with Crippen molar-refractivity contribution in [2.75, 3.05) is 18.0 Å². The molecule has 0 unspecified atom stereocenters. The third kappa shape index (κ3) is 3.85. The van der Waals surface area contributed by atoms with Gasteiger partial charge < -0.3 is 19.2 Å². The average molecular weight is 379 g/mol. The number of aryl methyl sites for hydroxylation is 1. The predicted octanol–water partition coefficient (Wildman–Crippen LogP) is 3.62. The molecule has 6 heteroatoms. The van der Waals surface area contributed by atoms with Crippen LogP contribution in [0.4, 0.5) is 5.69 Å². The molecular weight excluding hydrogens is 360 g/mol. The van der Waals surface area contributed by atoms with Crippen molar-refractivity contribution < 1.29 is 14.3 Å². The molecule has 1 aromatic heterocycles. The Morgan fingerprint density at radius 3 is 2.70 bits per heavy atom. The number of rotatable bonds is 5. The smallest absolute Gasteiger partial charge is 0.261 e. The van der Waals surface area contributed by atoms with Gasteiger partial charge in [0.25, 0.3) is 5.22 Å². The first kappa shape index (κ1) is 17.7. The molecule has 0 amide bonds. The zero-order valence-electron chi connectivity index (χ0n) is 15.0. The van der Waals surface area contributed by atoms with Gasteiger partial charge in [-0.1, -0.05) is 18.2 Å². The number of nitrogens with zero attached hydrogens (tertiary/aromatic N) is 2. The number of oxazole rings is 1. The Morgan fingerprint density at radius 2 is 2.00 bits per heavy atom. The summed E-state index contributed by atoms with van der Waals surface area (Å²) in [5.74, 6) is -1.25. The number of hydrogen-bond donors (Lipinski definition) is 0. The van der Waals surface area contributed by atoms with E-state index in [4.69, 9.17) is 4.42 Å². The predicted molar refractivity (Wildman–Crippen MR) is 105 cm³/mol. The van der Waals surface area contributed by atoms with Crippen molar-refractivity contribution >= 4 is 40.6 Å². The normalized spacial score (nSPS) is 14.9. The number of aliphatic carboxylic acids is 1. The van der Waals surface area contributed by atoms with Crippen LogP contribution in [-0.4, -0.2) is 24.0 Å². The molecule has 0 bridgehead atoms. The molecule has 1 aliphatic heterocycles. The fourth-order valence-corrected chi connectivity index (χ4v) is 3.99. The number of carbonyl (C=O) groups excluding carboxylic acids is 1. The van der Waals surface area contributed by atoms with E-state index in [9.17, 15) is 9.90 Å². The number of aromatic nitrogens is 1. The van der Waals surface area contributed by atoms with Crippen molar-refractivity contribution in [1.82, 2.24) is 4.98 Å². The van der Waals surface area contributed by atoms with Crippen LogP contribution in [0.3, 0.4) is 0 Å². The van der Waals surface area contributed by atoms with E-state index in [2.05, 4.69) is 16.0 Å². The summed E-state index contributed by atoms with van der Waals surface area (Å²) in [6.45, 7) is 4.14. The van der Waals surface area contributed by atoms with Gasteiger partial charge in [-0.05, 0) is 73.0 Å². The van der Waals surface area contributed by atoms with Crippen molar-refractivity contribution in [3.63, 3.8) is 0 Å². The van der Waals surface area contributed by atoms with Crippen LogP contribution in [0.1, 0.15) is 24.0 Å². The number of hydrogen-bond acceptors (Lipinski definition) is 6. The molecule has 0 radical (unpaired) electrons. The molecular formula is C21H19N2O3S-. The van der Waals surface area contributed by atoms with E-state index in [1.807, 2.05) is 37.3 Å². The lowest BCUT2D eigenvalue weighted by atomic mass is 10.1. The Hall–Kier alpha value is -2.73. The topological polar surface area (TPSA) is 69.4 Å². The van der Waals surface area contributed by atoms with Gasteiger partial charge in [0.05, 0.1) is 5.97 Å². The van der Waals surface area contributed by atoms with Crippen molar-refractivity contribution in [2.24, 2.45) is 0 Å². The molecule has 0 saturated carbocycles. The first-order valence-corrected chi connectivity index (χ1v) is 9.74. The molecule has 5 nitrogen and oxygen atoms in total. The summed E-state index contributed by atoms with van der Waals surface area (Å²) in [6.07, 6.45) is 4.06. The van der Waals surface area contributed by atoms with E-state index < -0.39 is 5.97 Å². The summed E-state index contributed by atoms with van der Waals surface area (Å²) in [7, 11) is 0. The monoisotopic (exact) mass is 379 g/mol. The van der Waals surface area contributed by atoms with Gasteiger partial charge in [-0.3, -0.25) is 0 Å². The van der Waals surface area contributed by atoms with E-state index in [1.54, 1.807) is 12.1 Å². The summed E-state index contributed by atoms with van der Waals surface area (Å²) in [4.78, 5) is 18.4. The molecule has 0 aliphatic carbocycles. The van der Waals surface area contributed by atoms with Crippen molar-refractivity contribution in [3.05, 3.63) is 58.5 Å². The average Bonchev–Trinajstić information content (AvgIpc) is 3.31. The van der Waals surface area contributed by atoms with Crippen LogP contribution in [0.5, 0.6) is 0 Å². The maximum Gasteiger partial charge on any atom is 0.261 e. The molecule has 1 saturated heterocycles. The maximum absolute atomic E-state index is 11.6. The van der Waals surface area contributed by atoms with Crippen LogP contribution in [0, 0.1) is 6.92 Å². The highest BCUT2D eigenvalue weighted by molar-refractivity contribution is 8.03. The number of thioether (sulfide) groups is 1. The van der Waals surface area contributed by atoms with Crippen LogP contribution in [-0.2, 0) is 4.79 Å². The zero-order valence-corrected chi connectivity index (χ0v) is 15.8. The first-order chi connectivity index (χ1) is 13.1. The molecule has 27 heavy (non-hydrogen) atoms. The summed E-state index contributed by atoms with van der Waals surface area (Å²) >= 11 is 0.966. The second-order valence-corrected chi connectivity index (χ2v) is 7.57. The van der Waals surface area contributed by atoms with Gasteiger partial charge in [0.1, 0.15) is 5.52 Å². The third-order valence-electron chi connectivity index (χ3n) is 4.68. The van der Waals surface area contributed by atoms with Crippen LogP contribution in [0.15, 0.2) is 57.0 Å². The highest BCUT2D eigenvalue weighted by Gasteiger charge is 2.14. The second kappa shape index (κ2) is 7.48. The molecule has 0 atom stereocenters. The molecule has 0 spiro atoms. The second-order valence-electron chi connectivity index (χ2n) is 6.58. The van der Waals surface area contributed by atoms with Gasteiger partial charge in [-0.15, -0.1) is 0 Å². The first-order valence-electron chi connectivity index (χ1n) is 8.92.